The Morgan fingerprint density at radius 3 is 3.04 bits per heavy atom. The number of fused-ring (bicyclic) bond motifs is 1. The molecule has 0 saturated carbocycles. The summed E-state index contributed by atoms with van der Waals surface area (Å²) < 4.78 is 5.83. The number of hydrogen-bond donors (Lipinski definition) is 2. The summed E-state index contributed by atoms with van der Waals surface area (Å²) in [6.07, 6.45) is -0.234. The average Bonchev–Trinajstić information content (AvgIpc) is 3.15. The molecule has 25 heavy (non-hydrogen) atoms. The molecule has 0 bridgehead atoms. The summed E-state index contributed by atoms with van der Waals surface area (Å²) in [5.41, 5.74) is 2.83. The zero-order valence-electron chi connectivity index (χ0n) is 13.8. The van der Waals surface area contributed by atoms with Crippen LogP contribution in [-0.4, -0.2) is 57.9 Å². The number of carbonyl (C=O) groups is 1. The van der Waals surface area contributed by atoms with Crippen LogP contribution in [0.15, 0.2) is 36.4 Å². The monoisotopic (exact) mass is 338 g/mol. The van der Waals surface area contributed by atoms with Crippen molar-refractivity contribution in [2.75, 3.05) is 32.1 Å². The van der Waals surface area contributed by atoms with Gasteiger partial charge in [-0.1, -0.05) is 6.07 Å². The standard InChI is InChI=1S/C17H18N6O2/c1-18-16-4-2-3-13(19-16)15-10-23(7-8-25-15)17(24)11-5-6-12-14(9-11)21-22-20-12/h2-6,9,15H,7-8,10H2,1H3,(H,18,19)(H,20,21,22)/t15-/m1/s1. The largest absolute Gasteiger partial charge is 0.373 e. The molecular weight excluding hydrogens is 320 g/mol. The molecule has 1 atom stereocenters. The van der Waals surface area contributed by atoms with Gasteiger partial charge in [0.1, 0.15) is 23.0 Å². The van der Waals surface area contributed by atoms with Crippen LogP contribution in [0, 0.1) is 0 Å². The lowest BCUT2D eigenvalue weighted by molar-refractivity contribution is -0.0246. The molecule has 1 saturated heterocycles. The summed E-state index contributed by atoms with van der Waals surface area (Å²) in [6, 6.07) is 11.1. The van der Waals surface area contributed by atoms with Crippen molar-refractivity contribution in [2.45, 2.75) is 6.10 Å². The zero-order valence-corrected chi connectivity index (χ0v) is 13.8. The van der Waals surface area contributed by atoms with E-state index in [0.717, 1.165) is 17.0 Å². The van der Waals surface area contributed by atoms with E-state index in [-0.39, 0.29) is 12.0 Å². The number of ether oxygens (including phenoxy) is 1. The topological polar surface area (TPSA) is 96.0 Å². The van der Waals surface area contributed by atoms with Gasteiger partial charge in [0.25, 0.3) is 5.91 Å². The second-order valence-corrected chi connectivity index (χ2v) is 5.84. The molecule has 128 valence electrons. The van der Waals surface area contributed by atoms with Crippen LogP contribution in [-0.2, 0) is 4.74 Å². The third-order valence-electron chi connectivity index (χ3n) is 4.27. The highest BCUT2D eigenvalue weighted by atomic mass is 16.5. The molecule has 8 heteroatoms. The van der Waals surface area contributed by atoms with E-state index in [4.69, 9.17) is 4.74 Å². The van der Waals surface area contributed by atoms with Gasteiger partial charge < -0.3 is 15.0 Å². The molecule has 0 spiro atoms. The van der Waals surface area contributed by atoms with Gasteiger partial charge in [-0.05, 0) is 30.3 Å². The Balaban J connectivity index is 1.54. The van der Waals surface area contributed by atoms with Gasteiger partial charge in [-0.3, -0.25) is 4.79 Å². The van der Waals surface area contributed by atoms with E-state index in [1.807, 2.05) is 25.2 Å². The van der Waals surface area contributed by atoms with Gasteiger partial charge >= 0.3 is 0 Å². The Hall–Kier alpha value is -3.00. The molecule has 1 aliphatic rings. The number of pyridine rings is 1. The number of hydrogen-bond acceptors (Lipinski definition) is 6. The van der Waals surface area contributed by atoms with E-state index in [0.29, 0.717) is 30.8 Å². The van der Waals surface area contributed by atoms with E-state index < -0.39 is 0 Å². The van der Waals surface area contributed by atoms with Crippen LogP contribution in [0.4, 0.5) is 5.82 Å². The van der Waals surface area contributed by atoms with Crippen LogP contribution in [0.3, 0.4) is 0 Å². The van der Waals surface area contributed by atoms with Crippen molar-refractivity contribution in [2.24, 2.45) is 0 Å². The summed E-state index contributed by atoms with van der Waals surface area (Å²) in [5.74, 6) is 0.740. The minimum atomic E-state index is -0.234. The number of benzene rings is 1. The third-order valence-corrected chi connectivity index (χ3v) is 4.27. The normalized spacial score (nSPS) is 17.6. The first-order valence-electron chi connectivity index (χ1n) is 8.11. The van der Waals surface area contributed by atoms with Crippen LogP contribution in [0.25, 0.3) is 11.0 Å². The number of H-pyrrole nitrogens is 1. The molecule has 1 aromatic carbocycles. The lowest BCUT2D eigenvalue weighted by Gasteiger charge is -2.32. The van der Waals surface area contributed by atoms with Crippen molar-refractivity contribution in [1.82, 2.24) is 25.3 Å². The number of carbonyl (C=O) groups excluding carboxylic acids is 1. The maximum atomic E-state index is 12.8. The molecule has 4 rings (SSSR count). The molecule has 0 unspecified atom stereocenters. The van der Waals surface area contributed by atoms with Crippen LogP contribution < -0.4 is 5.32 Å². The number of nitrogens with zero attached hydrogens (tertiary/aromatic N) is 4. The molecule has 1 amide bonds. The van der Waals surface area contributed by atoms with Crippen molar-refractivity contribution in [1.29, 1.82) is 0 Å². The zero-order chi connectivity index (χ0) is 17.2. The van der Waals surface area contributed by atoms with E-state index in [2.05, 4.69) is 25.7 Å². The molecule has 1 aliphatic heterocycles. The Kier molecular flexibility index (Phi) is 4.02. The van der Waals surface area contributed by atoms with Crippen LogP contribution in [0.5, 0.6) is 0 Å². The van der Waals surface area contributed by atoms with Crippen LogP contribution in [0.1, 0.15) is 22.2 Å². The van der Waals surface area contributed by atoms with Gasteiger partial charge in [-0.2, -0.15) is 15.4 Å². The number of amides is 1. The lowest BCUT2D eigenvalue weighted by Crippen LogP contribution is -2.42. The SMILES string of the molecule is CNc1cccc([C@H]2CN(C(=O)c3ccc4n[nH]nc4c3)CCO2)n1. The number of rotatable bonds is 3. The summed E-state index contributed by atoms with van der Waals surface area (Å²) in [7, 11) is 1.82. The molecule has 8 nitrogen and oxygen atoms in total. The lowest BCUT2D eigenvalue weighted by atomic mass is 10.1. The molecule has 2 N–H and O–H groups in total. The van der Waals surface area contributed by atoms with E-state index in [1.54, 1.807) is 23.1 Å². The first-order chi connectivity index (χ1) is 12.2. The molecule has 0 radical (unpaired) electrons. The van der Waals surface area contributed by atoms with Crippen molar-refractivity contribution >= 4 is 22.8 Å². The fourth-order valence-corrected chi connectivity index (χ4v) is 2.94. The van der Waals surface area contributed by atoms with Crippen molar-refractivity contribution in [3.05, 3.63) is 47.7 Å². The number of anilines is 1. The number of aromatic nitrogens is 4. The number of aromatic amines is 1. The minimum Gasteiger partial charge on any atom is -0.373 e. The smallest absolute Gasteiger partial charge is 0.254 e. The van der Waals surface area contributed by atoms with Crippen molar-refractivity contribution < 1.29 is 9.53 Å². The van der Waals surface area contributed by atoms with Gasteiger partial charge in [0.15, 0.2) is 0 Å². The van der Waals surface area contributed by atoms with Gasteiger partial charge in [-0.25, -0.2) is 4.98 Å². The Bertz CT molecular complexity index is 909. The van der Waals surface area contributed by atoms with Crippen LogP contribution in [0.2, 0.25) is 0 Å². The predicted molar refractivity (Wildman–Crippen MR) is 92.3 cm³/mol. The first-order valence-corrected chi connectivity index (χ1v) is 8.11. The quantitative estimate of drug-likeness (QED) is 0.753. The average molecular weight is 338 g/mol. The van der Waals surface area contributed by atoms with E-state index in [9.17, 15) is 4.79 Å². The second kappa shape index (κ2) is 6.48. The fourth-order valence-electron chi connectivity index (χ4n) is 2.94. The Morgan fingerprint density at radius 1 is 1.28 bits per heavy atom. The Morgan fingerprint density at radius 2 is 2.16 bits per heavy atom. The van der Waals surface area contributed by atoms with Gasteiger partial charge in [0, 0.05) is 19.2 Å². The summed E-state index contributed by atoms with van der Waals surface area (Å²) in [5, 5.41) is 13.6. The fraction of sp³-hybridized carbons (Fsp3) is 0.294. The maximum Gasteiger partial charge on any atom is 0.254 e. The van der Waals surface area contributed by atoms with Gasteiger partial charge in [0.2, 0.25) is 0 Å². The summed E-state index contributed by atoms with van der Waals surface area (Å²) >= 11 is 0. The third kappa shape index (κ3) is 3.03. The van der Waals surface area contributed by atoms with E-state index >= 15 is 0 Å². The van der Waals surface area contributed by atoms with Crippen molar-refractivity contribution in [3.8, 4) is 0 Å². The molecule has 0 aliphatic carbocycles. The Labute approximate surface area is 144 Å². The first kappa shape index (κ1) is 15.5. The summed E-state index contributed by atoms with van der Waals surface area (Å²) in [6.45, 7) is 1.50. The number of morpholine rings is 1. The van der Waals surface area contributed by atoms with E-state index in [1.165, 1.54) is 0 Å². The molecule has 1 fully saturated rings. The second-order valence-electron chi connectivity index (χ2n) is 5.84. The highest BCUT2D eigenvalue weighted by Gasteiger charge is 2.27. The van der Waals surface area contributed by atoms with Gasteiger partial charge in [-0.15, -0.1) is 0 Å². The molecular formula is C17H18N6O2. The summed E-state index contributed by atoms with van der Waals surface area (Å²) in [4.78, 5) is 19.2. The van der Waals surface area contributed by atoms with Crippen molar-refractivity contribution in [3.63, 3.8) is 0 Å². The molecule has 2 aromatic heterocycles. The number of nitrogens with one attached hydrogen (secondary N) is 2. The van der Waals surface area contributed by atoms with Crippen LogP contribution >= 0.6 is 0 Å². The van der Waals surface area contributed by atoms with Gasteiger partial charge in [0.05, 0.1) is 18.8 Å². The highest BCUT2D eigenvalue weighted by molar-refractivity contribution is 5.97. The maximum absolute atomic E-state index is 12.8. The molecule has 3 aromatic rings. The predicted octanol–water partition coefficient (Wildman–Crippen LogP) is 1.61. The molecule has 3 heterocycles. The minimum absolute atomic E-state index is 0.0389. The highest BCUT2D eigenvalue weighted by Crippen LogP contribution is 2.23.